The van der Waals surface area contributed by atoms with Crippen LogP contribution in [0.15, 0.2) is 23.6 Å². The maximum Gasteiger partial charge on any atom is 0.270 e. The standard InChI is InChI=1S/C9H7N3O3S/c10-9-11-7(4-16-9)6-3-5(12(14)15)1-2-8(6)13/h1-4,13H,(H2,10,11). The summed E-state index contributed by atoms with van der Waals surface area (Å²) in [4.78, 5) is 14.0. The van der Waals surface area contributed by atoms with Crippen molar-refractivity contribution in [2.24, 2.45) is 0 Å². The Morgan fingerprint density at radius 2 is 2.25 bits per heavy atom. The lowest BCUT2D eigenvalue weighted by Gasteiger charge is -2.00. The van der Waals surface area contributed by atoms with Gasteiger partial charge in [-0.2, -0.15) is 0 Å². The van der Waals surface area contributed by atoms with Gasteiger partial charge in [-0.15, -0.1) is 11.3 Å². The molecule has 1 aromatic heterocycles. The minimum Gasteiger partial charge on any atom is -0.507 e. The molecular weight excluding hydrogens is 230 g/mol. The van der Waals surface area contributed by atoms with Crippen LogP contribution in [-0.2, 0) is 0 Å². The lowest BCUT2D eigenvalue weighted by atomic mass is 10.1. The Morgan fingerprint density at radius 3 is 2.81 bits per heavy atom. The average Bonchev–Trinajstić information content (AvgIpc) is 2.65. The summed E-state index contributed by atoms with van der Waals surface area (Å²) in [7, 11) is 0. The van der Waals surface area contributed by atoms with Crippen molar-refractivity contribution in [3.05, 3.63) is 33.7 Å². The zero-order chi connectivity index (χ0) is 11.7. The Labute approximate surface area is 94.1 Å². The smallest absolute Gasteiger partial charge is 0.270 e. The van der Waals surface area contributed by atoms with Gasteiger partial charge in [-0.3, -0.25) is 10.1 Å². The Kier molecular flexibility index (Phi) is 2.45. The van der Waals surface area contributed by atoms with E-state index in [1.165, 1.54) is 29.5 Å². The van der Waals surface area contributed by atoms with E-state index in [2.05, 4.69) is 4.98 Å². The van der Waals surface area contributed by atoms with Crippen LogP contribution in [0.5, 0.6) is 5.75 Å². The van der Waals surface area contributed by atoms with Crippen LogP contribution in [0.3, 0.4) is 0 Å². The third-order valence-corrected chi connectivity index (χ3v) is 2.66. The summed E-state index contributed by atoms with van der Waals surface area (Å²) in [5.41, 5.74) is 6.10. The van der Waals surface area contributed by atoms with Crippen LogP contribution in [-0.4, -0.2) is 15.0 Å². The molecule has 2 rings (SSSR count). The maximum absolute atomic E-state index is 10.6. The molecule has 3 N–H and O–H groups in total. The van der Waals surface area contributed by atoms with Gasteiger partial charge in [0, 0.05) is 23.1 Å². The van der Waals surface area contributed by atoms with Gasteiger partial charge < -0.3 is 10.8 Å². The number of nitro benzene ring substituents is 1. The minimum atomic E-state index is -0.529. The number of benzene rings is 1. The normalized spacial score (nSPS) is 10.2. The Balaban J connectivity index is 2.55. The number of phenols is 1. The van der Waals surface area contributed by atoms with E-state index in [4.69, 9.17) is 5.73 Å². The molecule has 7 heteroatoms. The molecule has 0 aliphatic heterocycles. The molecule has 0 radical (unpaired) electrons. The Bertz CT molecular complexity index is 553. The highest BCUT2D eigenvalue weighted by molar-refractivity contribution is 7.13. The summed E-state index contributed by atoms with van der Waals surface area (Å²) < 4.78 is 0. The fourth-order valence-electron chi connectivity index (χ4n) is 1.25. The number of non-ortho nitro benzene ring substituents is 1. The molecule has 6 nitrogen and oxygen atoms in total. The summed E-state index contributed by atoms with van der Waals surface area (Å²) in [6.45, 7) is 0. The monoisotopic (exact) mass is 237 g/mol. The van der Waals surface area contributed by atoms with Crippen LogP contribution in [0.2, 0.25) is 0 Å². The first kappa shape index (κ1) is 10.4. The van der Waals surface area contributed by atoms with E-state index in [-0.39, 0.29) is 11.4 Å². The molecule has 1 aromatic carbocycles. The highest BCUT2D eigenvalue weighted by Gasteiger charge is 2.13. The van der Waals surface area contributed by atoms with Crippen LogP contribution >= 0.6 is 11.3 Å². The number of hydrogen-bond donors (Lipinski definition) is 2. The predicted octanol–water partition coefficient (Wildman–Crippen LogP) is 2.01. The molecule has 0 atom stereocenters. The van der Waals surface area contributed by atoms with Crippen LogP contribution < -0.4 is 5.73 Å². The molecule has 0 amide bonds. The third kappa shape index (κ3) is 1.80. The number of nitro groups is 1. The highest BCUT2D eigenvalue weighted by atomic mass is 32.1. The topological polar surface area (TPSA) is 102 Å². The van der Waals surface area contributed by atoms with Crippen molar-refractivity contribution in [2.45, 2.75) is 0 Å². The molecule has 0 saturated heterocycles. The molecule has 0 aliphatic carbocycles. The van der Waals surface area contributed by atoms with Crippen molar-refractivity contribution in [2.75, 3.05) is 5.73 Å². The summed E-state index contributed by atoms with van der Waals surface area (Å²) in [5.74, 6) is -0.0594. The van der Waals surface area contributed by atoms with E-state index < -0.39 is 4.92 Å². The van der Waals surface area contributed by atoms with Gasteiger partial charge in [0.15, 0.2) is 5.13 Å². The van der Waals surface area contributed by atoms with Crippen LogP contribution in [0, 0.1) is 10.1 Å². The molecule has 16 heavy (non-hydrogen) atoms. The molecule has 1 heterocycles. The largest absolute Gasteiger partial charge is 0.507 e. The van der Waals surface area contributed by atoms with Crippen molar-refractivity contribution in [1.82, 2.24) is 4.98 Å². The van der Waals surface area contributed by atoms with Crippen molar-refractivity contribution < 1.29 is 10.0 Å². The quantitative estimate of drug-likeness (QED) is 0.614. The van der Waals surface area contributed by atoms with E-state index in [0.717, 1.165) is 0 Å². The number of anilines is 1. The summed E-state index contributed by atoms with van der Waals surface area (Å²) in [5, 5.41) is 22.1. The van der Waals surface area contributed by atoms with Crippen molar-refractivity contribution >= 4 is 22.2 Å². The second-order valence-electron chi connectivity index (χ2n) is 3.03. The van der Waals surface area contributed by atoms with Crippen molar-refractivity contribution in [3.8, 4) is 17.0 Å². The van der Waals surface area contributed by atoms with Gasteiger partial charge in [-0.05, 0) is 6.07 Å². The number of phenolic OH excluding ortho intramolecular Hbond substituents is 1. The van der Waals surface area contributed by atoms with E-state index in [0.29, 0.717) is 16.4 Å². The van der Waals surface area contributed by atoms with Gasteiger partial charge in [-0.25, -0.2) is 4.98 Å². The van der Waals surface area contributed by atoms with E-state index in [1.807, 2.05) is 0 Å². The van der Waals surface area contributed by atoms with Gasteiger partial charge >= 0.3 is 0 Å². The first-order chi connectivity index (χ1) is 7.58. The Hall–Kier alpha value is -2.15. The number of nitrogens with two attached hydrogens (primary N) is 1. The molecule has 0 bridgehead atoms. The molecule has 0 spiro atoms. The molecular formula is C9H7N3O3S. The lowest BCUT2D eigenvalue weighted by Crippen LogP contribution is -1.89. The highest BCUT2D eigenvalue weighted by Crippen LogP contribution is 2.33. The first-order valence-electron chi connectivity index (χ1n) is 4.26. The molecule has 2 aromatic rings. The number of aromatic hydroxyl groups is 1. The van der Waals surface area contributed by atoms with Crippen LogP contribution in [0.1, 0.15) is 0 Å². The molecule has 0 aliphatic rings. The number of nitrogens with zero attached hydrogens (tertiary/aromatic N) is 2. The van der Waals surface area contributed by atoms with E-state index in [9.17, 15) is 15.2 Å². The average molecular weight is 237 g/mol. The lowest BCUT2D eigenvalue weighted by molar-refractivity contribution is -0.384. The Morgan fingerprint density at radius 1 is 1.50 bits per heavy atom. The first-order valence-corrected chi connectivity index (χ1v) is 5.14. The van der Waals surface area contributed by atoms with Crippen LogP contribution in [0.25, 0.3) is 11.3 Å². The third-order valence-electron chi connectivity index (χ3n) is 1.99. The fourth-order valence-corrected chi connectivity index (χ4v) is 1.82. The van der Waals surface area contributed by atoms with Gasteiger partial charge in [0.05, 0.1) is 10.6 Å². The number of aromatic nitrogens is 1. The van der Waals surface area contributed by atoms with E-state index >= 15 is 0 Å². The SMILES string of the molecule is Nc1nc(-c2cc([N+](=O)[O-])ccc2O)cs1. The number of hydrogen-bond acceptors (Lipinski definition) is 6. The van der Waals surface area contributed by atoms with Crippen LogP contribution in [0.4, 0.5) is 10.8 Å². The maximum atomic E-state index is 10.6. The minimum absolute atomic E-state index is 0.0594. The molecule has 0 unspecified atom stereocenters. The number of thiazole rings is 1. The number of nitrogen functional groups attached to an aromatic ring is 1. The zero-order valence-corrected chi connectivity index (χ0v) is 8.77. The summed E-state index contributed by atoms with van der Waals surface area (Å²) >= 11 is 1.21. The summed E-state index contributed by atoms with van der Waals surface area (Å²) in [6, 6.07) is 3.77. The molecule has 0 fully saturated rings. The second-order valence-corrected chi connectivity index (χ2v) is 3.92. The van der Waals surface area contributed by atoms with Gasteiger partial charge in [0.25, 0.3) is 5.69 Å². The second kappa shape index (κ2) is 3.78. The molecule has 82 valence electrons. The predicted molar refractivity (Wildman–Crippen MR) is 60.3 cm³/mol. The van der Waals surface area contributed by atoms with Crippen molar-refractivity contribution in [1.29, 1.82) is 0 Å². The summed E-state index contributed by atoms with van der Waals surface area (Å²) in [6.07, 6.45) is 0. The fraction of sp³-hybridized carbons (Fsp3) is 0. The zero-order valence-electron chi connectivity index (χ0n) is 7.95. The number of rotatable bonds is 2. The van der Waals surface area contributed by atoms with Gasteiger partial charge in [0.1, 0.15) is 5.75 Å². The van der Waals surface area contributed by atoms with Gasteiger partial charge in [-0.1, -0.05) is 0 Å². The molecule has 0 saturated carbocycles. The van der Waals surface area contributed by atoms with Crippen molar-refractivity contribution in [3.63, 3.8) is 0 Å². The van der Waals surface area contributed by atoms with Gasteiger partial charge in [0.2, 0.25) is 0 Å². The van der Waals surface area contributed by atoms with E-state index in [1.54, 1.807) is 5.38 Å².